The zero-order valence-electron chi connectivity index (χ0n) is 14.7. The lowest BCUT2D eigenvalue weighted by Gasteiger charge is -2.34. The van der Waals surface area contributed by atoms with Crippen LogP contribution in [0.15, 0.2) is 30.6 Å². The minimum Gasteiger partial charge on any atom is -0.379 e. The van der Waals surface area contributed by atoms with Gasteiger partial charge in [-0.1, -0.05) is 23.2 Å². The van der Waals surface area contributed by atoms with Crippen LogP contribution < -0.4 is 5.32 Å². The van der Waals surface area contributed by atoms with Crippen molar-refractivity contribution in [3.63, 3.8) is 0 Å². The fourth-order valence-corrected chi connectivity index (χ4v) is 3.43. The van der Waals surface area contributed by atoms with Crippen LogP contribution in [0.5, 0.6) is 0 Å². The average molecular weight is 431 g/mol. The summed E-state index contributed by atoms with van der Waals surface area (Å²) in [6.07, 6.45) is 0.00849. The third-order valence-corrected chi connectivity index (χ3v) is 4.94. The fourth-order valence-electron chi connectivity index (χ4n) is 2.94. The van der Waals surface area contributed by atoms with E-state index in [1.807, 2.05) is 0 Å². The summed E-state index contributed by atoms with van der Waals surface area (Å²) in [5.74, 6) is -0.883. The van der Waals surface area contributed by atoms with Gasteiger partial charge in [0.05, 0.1) is 29.8 Å². The fraction of sp³-hybridized carbons (Fsp3) is 0.389. The third kappa shape index (κ3) is 5.14. The largest absolute Gasteiger partial charge is 0.379 e. The van der Waals surface area contributed by atoms with Crippen molar-refractivity contribution < 1.29 is 18.3 Å². The number of carbonyl (C=O) groups is 1. The highest BCUT2D eigenvalue weighted by molar-refractivity contribution is 6.36. The van der Waals surface area contributed by atoms with E-state index in [1.165, 1.54) is 18.5 Å². The molecule has 0 bridgehead atoms. The van der Waals surface area contributed by atoms with Gasteiger partial charge in [0.2, 0.25) is 0 Å². The average Bonchev–Trinajstić information content (AvgIpc) is 2.69. The van der Waals surface area contributed by atoms with Crippen molar-refractivity contribution in [3.05, 3.63) is 57.6 Å². The van der Waals surface area contributed by atoms with E-state index < -0.39 is 12.2 Å². The number of benzene rings is 1. The van der Waals surface area contributed by atoms with E-state index in [9.17, 15) is 13.6 Å². The minimum atomic E-state index is -2.73. The topological polar surface area (TPSA) is 67.4 Å². The van der Waals surface area contributed by atoms with Crippen molar-refractivity contribution in [1.29, 1.82) is 0 Å². The molecule has 150 valence electrons. The maximum Gasteiger partial charge on any atom is 0.297 e. The third-order valence-electron chi connectivity index (χ3n) is 4.39. The quantitative estimate of drug-likeness (QED) is 0.758. The molecule has 1 unspecified atom stereocenters. The summed E-state index contributed by atoms with van der Waals surface area (Å²) >= 11 is 12.0. The number of alkyl halides is 2. The highest BCUT2D eigenvalue weighted by Crippen LogP contribution is 2.24. The maximum atomic E-state index is 12.7. The molecule has 1 atom stereocenters. The molecule has 1 N–H and O–H groups in total. The predicted octanol–water partition coefficient (Wildman–Crippen LogP) is 3.52. The van der Waals surface area contributed by atoms with Gasteiger partial charge in [-0.15, -0.1) is 0 Å². The highest BCUT2D eigenvalue weighted by atomic mass is 35.5. The molecule has 1 amide bonds. The lowest BCUT2D eigenvalue weighted by molar-refractivity contribution is 0.0160. The van der Waals surface area contributed by atoms with E-state index in [2.05, 4.69) is 20.2 Å². The smallest absolute Gasteiger partial charge is 0.297 e. The first-order valence-corrected chi connectivity index (χ1v) is 9.36. The van der Waals surface area contributed by atoms with E-state index >= 15 is 0 Å². The van der Waals surface area contributed by atoms with Gasteiger partial charge in [0.25, 0.3) is 12.3 Å². The number of morpholine rings is 1. The first kappa shape index (κ1) is 20.9. The summed E-state index contributed by atoms with van der Waals surface area (Å²) in [7, 11) is 0. The molecule has 0 saturated carbocycles. The molecule has 0 spiro atoms. The number of amides is 1. The Bertz CT molecular complexity index is 818. The first-order valence-electron chi connectivity index (χ1n) is 8.60. The summed E-state index contributed by atoms with van der Waals surface area (Å²) < 4.78 is 30.8. The van der Waals surface area contributed by atoms with E-state index in [0.717, 1.165) is 0 Å². The molecular formula is C18H18Cl2F2N4O2. The number of hydrogen-bond acceptors (Lipinski definition) is 5. The molecule has 2 aromatic rings. The van der Waals surface area contributed by atoms with Crippen molar-refractivity contribution >= 4 is 29.1 Å². The van der Waals surface area contributed by atoms with Gasteiger partial charge in [0.15, 0.2) is 5.82 Å². The van der Waals surface area contributed by atoms with Gasteiger partial charge in [0.1, 0.15) is 0 Å². The van der Waals surface area contributed by atoms with E-state index in [-0.39, 0.29) is 23.5 Å². The Morgan fingerprint density at radius 2 is 1.89 bits per heavy atom. The molecule has 1 aromatic heterocycles. The van der Waals surface area contributed by atoms with Crippen molar-refractivity contribution in [2.24, 2.45) is 0 Å². The Hall–Kier alpha value is -1.87. The number of aromatic nitrogens is 2. The molecule has 1 aliphatic rings. The molecule has 0 aliphatic carbocycles. The van der Waals surface area contributed by atoms with Crippen LogP contribution in [0.25, 0.3) is 0 Å². The zero-order chi connectivity index (χ0) is 20.1. The number of hydrogen-bond donors (Lipinski definition) is 1. The van der Waals surface area contributed by atoms with Gasteiger partial charge in [-0.25, -0.2) is 18.7 Å². The lowest BCUT2D eigenvalue weighted by Crippen LogP contribution is -2.44. The molecule has 1 fully saturated rings. The molecular weight excluding hydrogens is 413 g/mol. The van der Waals surface area contributed by atoms with E-state index in [1.54, 1.807) is 12.1 Å². The molecule has 1 aromatic carbocycles. The van der Waals surface area contributed by atoms with E-state index in [0.29, 0.717) is 42.5 Å². The van der Waals surface area contributed by atoms with Crippen LogP contribution >= 0.6 is 23.2 Å². The van der Waals surface area contributed by atoms with Crippen LogP contribution in [0, 0.1) is 0 Å². The van der Waals surface area contributed by atoms with Crippen molar-refractivity contribution in [1.82, 2.24) is 20.2 Å². The van der Waals surface area contributed by atoms with E-state index in [4.69, 9.17) is 27.9 Å². The first-order chi connectivity index (χ1) is 13.5. The summed E-state index contributed by atoms with van der Waals surface area (Å²) in [6.45, 7) is 2.60. The highest BCUT2D eigenvalue weighted by Gasteiger charge is 2.25. The number of rotatable bonds is 6. The van der Waals surface area contributed by atoms with Gasteiger partial charge >= 0.3 is 0 Å². The van der Waals surface area contributed by atoms with Gasteiger partial charge in [-0.05, 0) is 18.2 Å². The summed E-state index contributed by atoms with van der Waals surface area (Å²) in [5.41, 5.74) is 0.935. The summed E-state index contributed by atoms with van der Waals surface area (Å²) in [6, 6.07) is 4.34. The van der Waals surface area contributed by atoms with Crippen molar-refractivity contribution in [2.75, 3.05) is 32.8 Å². The Morgan fingerprint density at radius 3 is 2.50 bits per heavy atom. The maximum absolute atomic E-state index is 12.7. The lowest BCUT2D eigenvalue weighted by atomic mass is 10.1. The number of nitrogens with zero attached hydrogens (tertiary/aromatic N) is 3. The van der Waals surface area contributed by atoms with Gasteiger partial charge in [-0.2, -0.15) is 0 Å². The molecule has 1 saturated heterocycles. The Morgan fingerprint density at radius 1 is 1.21 bits per heavy atom. The molecule has 3 rings (SSSR count). The number of ether oxygens (including phenoxy) is 1. The summed E-state index contributed by atoms with van der Waals surface area (Å²) in [5, 5.41) is 3.52. The minimum absolute atomic E-state index is 0.231. The molecule has 2 heterocycles. The van der Waals surface area contributed by atoms with Gasteiger partial charge in [0, 0.05) is 42.6 Å². The van der Waals surface area contributed by atoms with Crippen LogP contribution in [0.1, 0.15) is 34.2 Å². The Labute approximate surface area is 170 Å². The van der Waals surface area contributed by atoms with Gasteiger partial charge < -0.3 is 10.1 Å². The molecule has 10 heteroatoms. The Balaban J connectivity index is 1.76. The number of nitrogens with one attached hydrogen (secondary N) is 1. The number of carbonyl (C=O) groups excluding carboxylic acids is 1. The van der Waals surface area contributed by atoms with Crippen molar-refractivity contribution in [2.45, 2.75) is 12.5 Å². The molecule has 1 aliphatic heterocycles. The van der Waals surface area contributed by atoms with Crippen LogP contribution in [0.2, 0.25) is 10.0 Å². The van der Waals surface area contributed by atoms with Gasteiger partial charge in [-0.3, -0.25) is 9.69 Å². The van der Waals surface area contributed by atoms with Crippen molar-refractivity contribution in [3.8, 4) is 0 Å². The van der Waals surface area contributed by atoms with Crippen LogP contribution in [0.3, 0.4) is 0 Å². The standard InChI is InChI=1S/C18H18Cl2F2N4O2/c19-12-1-2-13(14(20)7-12)18(27)25-10-15(26-3-5-28-6-4-26)11-8-23-17(16(21)22)24-9-11/h1-2,7-9,15-16H,3-6,10H2,(H,25,27). The van der Waals surface area contributed by atoms with Crippen LogP contribution in [-0.4, -0.2) is 53.6 Å². The predicted molar refractivity (Wildman–Crippen MR) is 101 cm³/mol. The molecule has 28 heavy (non-hydrogen) atoms. The number of halogens is 4. The SMILES string of the molecule is O=C(NCC(c1cnc(C(F)F)nc1)N1CCOCC1)c1ccc(Cl)cc1Cl. The van der Waals surface area contributed by atoms with Crippen LogP contribution in [0.4, 0.5) is 8.78 Å². The second kappa shape index (κ2) is 9.56. The molecule has 6 nitrogen and oxygen atoms in total. The second-order valence-electron chi connectivity index (χ2n) is 6.17. The zero-order valence-corrected chi connectivity index (χ0v) is 16.3. The molecule has 0 radical (unpaired) electrons. The normalized spacial score (nSPS) is 16.2. The Kier molecular flexibility index (Phi) is 7.12. The van der Waals surface area contributed by atoms with Crippen LogP contribution in [-0.2, 0) is 4.74 Å². The summed E-state index contributed by atoms with van der Waals surface area (Å²) in [4.78, 5) is 22.1. The monoisotopic (exact) mass is 430 g/mol. The second-order valence-corrected chi connectivity index (χ2v) is 7.02.